The van der Waals surface area contributed by atoms with Crippen molar-refractivity contribution in [3.63, 3.8) is 0 Å². The molecule has 2 atom stereocenters. The van der Waals surface area contributed by atoms with Crippen molar-refractivity contribution >= 4 is 5.88 Å². The SMILES string of the molecule is Nc1cc(C2C[C@H]3C[C@@H]3C2)no1. The number of aromatic nitrogens is 1. The molecular weight excluding hydrogens is 152 g/mol. The fraction of sp³-hybridized carbons (Fsp3) is 0.667. The summed E-state index contributed by atoms with van der Waals surface area (Å²) in [5.74, 6) is 3.07. The molecule has 3 nitrogen and oxygen atoms in total. The second-order valence-corrected chi connectivity index (χ2v) is 4.08. The van der Waals surface area contributed by atoms with Crippen LogP contribution in [0.2, 0.25) is 0 Å². The van der Waals surface area contributed by atoms with Crippen LogP contribution in [0.5, 0.6) is 0 Å². The Hall–Kier alpha value is -0.990. The Labute approximate surface area is 70.9 Å². The number of rotatable bonds is 1. The smallest absolute Gasteiger partial charge is 0.222 e. The summed E-state index contributed by atoms with van der Waals surface area (Å²) in [6.45, 7) is 0. The Morgan fingerprint density at radius 1 is 1.33 bits per heavy atom. The first kappa shape index (κ1) is 6.52. The van der Waals surface area contributed by atoms with Crippen molar-refractivity contribution in [3.05, 3.63) is 11.8 Å². The van der Waals surface area contributed by atoms with Crippen molar-refractivity contribution in [1.29, 1.82) is 0 Å². The highest BCUT2D eigenvalue weighted by atomic mass is 16.5. The Bertz CT molecular complexity index is 297. The first-order valence-electron chi connectivity index (χ1n) is 4.55. The number of nitrogen functional groups attached to an aromatic ring is 1. The zero-order valence-corrected chi connectivity index (χ0v) is 6.86. The number of anilines is 1. The normalized spacial score (nSPS) is 33.7. The Morgan fingerprint density at radius 3 is 2.67 bits per heavy atom. The third-order valence-corrected chi connectivity index (χ3v) is 3.21. The summed E-state index contributed by atoms with van der Waals surface area (Å²) in [7, 11) is 0. The third kappa shape index (κ3) is 0.854. The van der Waals surface area contributed by atoms with Gasteiger partial charge in [0.2, 0.25) is 5.88 Å². The standard InChI is InChI=1S/C9H12N2O/c10-9-4-8(11-12-9)7-2-5-1-6(5)3-7/h4-7H,1-3,10H2/t5-,6-/m1/s1. The maximum Gasteiger partial charge on any atom is 0.222 e. The predicted octanol–water partition coefficient (Wildman–Crippen LogP) is 1.77. The fourth-order valence-corrected chi connectivity index (χ4v) is 2.45. The monoisotopic (exact) mass is 164 g/mol. The molecule has 2 saturated carbocycles. The third-order valence-electron chi connectivity index (χ3n) is 3.21. The predicted molar refractivity (Wildman–Crippen MR) is 44.5 cm³/mol. The first-order valence-corrected chi connectivity index (χ1v) is 4.55. The first-order chi connectivity index (χ1) is 5.83. The van der Waals surface area contributed by atoms with E-state index in [-0.39, 0.29) is 0 Å². The molecule has 3 heteroatoms. The Morgan fingerprint density at radius 2 is 2.08 bits per heavy atom. The highest BCUT2D eigenvalue weighted by Crippen LogP contribution is 2.57. The lowest BCUT2D eigenvalue weighted by atomic mass is 10.00. The lowest BCUT2D eigenvalue weighted by molar-refractivity contribution is 0.416. The van der Waals surface area contributed by atoms with Gasteiger partial charge in [-0.25, -0.2) is 0 Å². The Balaban J connectivity index is 1.81. The van der Waals surface area contributed by atoms with E-state index < -0.39 is 0 Å². The minimum absolute atomic E-state index is 0.450. The molecule has 1 aromatic heterocycles. The largest absolute Gasteiger partial charge is 0.368 e. The van der Waals surface area contributed by atoms with E-state index >= 15 is 0 Å². The molecule has 0 aromatic carbocycles. The molecule has 0 unspecified atom stereocenters. The van der Waals surface area contributed by atoms with E-state index in [9.17, 15) is 0 Å². The van der Waals surface area contributed by atoms with Gasteiger partial charge >= 0.3 is 0 Å². The van der Waals surface area contributed by atoms with E-state index in [1.54, 1.807) is 0 Å². The van der Waals surface area contributed by atoms with E-state index in [2.05, 4.69) is 5.16 Å². The van der Waals surface area contributed by atoms with Gasteiger partial charge in [-0.15, -0.1) is 0 Å². The summed E-state index contributed by atoms with van der Waals surface area (Å²) in [4.78, 5) is 0. The summed E-state index contributed by atoms with van der Waals surface area (Å²) >= 11 is 0. The number of nitrogens with two attached hydrogens (primary N) is 1. The van der Waals surface area contributed by atoms with Gasteiger partial charge in [0.15, 0.2) is 0 Å². The maximum atomic E-state index is 5.46. The lowest BCUT2D eigenvalue weighted by Gasteiger charge is -2.05. The zero-order chi connectivity index (χ0) is 8.13. The molecule has 12 heavy (non-hydrogen) atoms. The van der Waals surface area contributed by atoms with Crippen LogP contribution in [0.25, 0.3) is 0 Å². The fourth-order valence-electron chi connectivity index (χ4n) is 2.45. The summed E-state index contributed by atoms with van der Waals surface area (Å²) in [5, 5.41) is 3.95. The number of fused-ring (bicyclic) bond motifs is 1. The average molecular weight is 164 g/mol. The lowest BCUT2D eigenvalue weighted by Crippen LogP contribution is -1.95. The molecule has 64 valence electrons. The molecule has 2 N–H and O–H groups in total. The van der Waals surface area contributed by atoms with Crippen LogP contribution in [0.1, 0.15) is 30.9 Å². The Kier molecular flexibility index (Phi) is 1.10. The van der Waals surface area contributed by atoms with Gasteiger partial charge in [-0.2, -0.15) is 0 Å². The molecule has 0 spiro atoms. The van der Waals surface area contributed by atoms with E-state index in [1.807, 2.05) is 6.07 Å². The van der Waals surface area contributed by atoms with Crippen LogP contribution in [-0.4, -0.2) is 5.16 Å². The molecule has 0 bridgehead atoms. The average Bonchev–Trinajstić information content (AvgIpc) is 2.49. The minimum Gasteiger partial charge on any atom is -0.368 e. The van der Waals surface area contributed by atoms with Gasteiger partial charge < -0.3 is 10.3 Å². The quantitative estimate of drug-likeness (QED) is 0.688. The van der Waals surface area contributed by atoms with Crippen molar-refractivity contribution in [2.24, 2.45) is 11.8 Å². The van der Waals surface area contributed by atoms with Crippen LogP contribution in [0, 0.1) is 11.8 Å². The van der Waals surface area contributed by atoms with E-state index in [4.69, 9.17) is 10.3 Å². The van der Waals surface area contributed by atoms with E-state index in [1.165, 1.54) is 19.3 Å². The van der Waals surface area contributed by atoms with Crippen LogP contribution < -0.4 is 5.73 Å². The van der Waals surface area contributed by atoms with Crippen molar-refractivity contribution in [2.75, 3.05) is 5.73 Å². The topological polar surface area (TPSA) is 52.0 Å². The number of hydrogen-bond donors (Lipinski definition) is 1. The summed E-state index contributed by atoms with van der Waals surface area (Å²) < 4.78 is 4.85. The van der Waals surface area contributed by atoms with Gasteiger partial charge in [-0.05, 0) is 31.1 Å². The molecule has 2 aliphatic rings. The van der Waals surface area contributed by atoms with Gasteiger partial charge in [0, 0.05) is 12.0 Å². The second kappa shape index (κ2) is 2.03. The van der Waals surface area contributed by atoms with Gasteiger partial charge in [0.1, 0.15) is 0 Å². The van der Waals surface area contributed by atoms with Gasteiger partial charge in [-0.1, -0.05) is 5.16 Å². The van der Waals surface area contributed by atoms with Crippen LogP contribution in [0.3, 0.4) is 0 Å². The molecule has 1 heterocycles. The van der Waals surface area contributed by atoms with Crippen LogP contribution in [0.15, 0.2) is 10.6 Å². The molecular formula is C9H12N2O. The van der Waals surface area contributed by atoms with Crippen molar-refractivity contribution in [1.82, 2.24) is 5.16 Å². The maximum absolute atomic E-state index is 5.46. The number of hydrogen-bond acceptors (Lipinski definition) is 3. The highest BCUT2D eigenvalue weighted by molar-refractivity contribution is 5.27. The molecule has 3 rings (SSSR count). The second-order valence-electron chi connectivity index (χ2n) is 4.08. The highest BCUT2D eigenvalue weighted by Gasteiger charge is 2.46. The zero-order valence-electron chi connectivity index (χ0n) is 6.86. The molecule has 0 saturated heterocycles. The van der Waals surface area contributed by atoms with Crippen molar-refractivity contribution in [2.45, 2.75) is 25.2 Å². The molecule has 0 aliphatic heterocycles. The van der Waals surface area contributed by atoms with Crippen LogP contribution in [-0.2, 0) is 0 Å². The molecule has 2 fully saturated rings. The number of nitrogens with zero attached hydrogens (tertiary/aromatic N) is 1. The molecule has 0 amide bonds. The van der Waals surface area contributed by atoms with Crippen molar-refractivity contribution < 1.29 is 4.52 Å². The summed E-state index contributed by atoms with van der Waals surface area (Å²) in [6.07, 6.45) is 4.05. The van der Waals surface area contributed by atoms with Crippen LogP contribution in [0.4, 0.5) is 5.88 Å². The van der Waals surface area contributed by atoms with Crippen LogP contribution >= 0.6 is 0 Å². The van der Waals surface area contributed by atoms with E-state index in [0.717, 1.165) is 17.5 Å². The van der Waals surface area contributed by atoms with Crippen molar-refractivity contribution in [3.8, 4) is 0 Å². The molecule has 2 aliphatic carbocycles. The van der Waals surface area contributed by atoms with E-state index in [0.29, 0.717) is 11.8 Å². The van der Waals surface area contributed by atoms with Gasteiger partial charge in [0.05, 0.1) is 5.69 Å². The van der Waals surface area contributed by atoms with Gasteiger partial charge in [-0.3, -0.25) is 0 Å². The summed E-state index contributed by atoms with van der Waals surface area (Å²) in [5.41, 5.74) is 6.53. The minimum atomic E-state index is 0.450. The molecule has 0 radical (unpaired) electrons. The molecule has 1 aromatic rings. The summed E-state index contributed by atoms with van der Waals surface area (Å²) in [6, 6.07) is 1.87. The van der Waals surface area contributed by atoms with Gasteiger partial charge in [0.25, 0.3) is 0 Å².